The van der Waals surface area contributed by atoms with Gasteiger partial charge < -0.3 is 19.5 Å². The summed E-state index contributed by atoms with van der Waals surface area (Å²) >= 11 is 0. The fourth-order valence-electron chi connectivity index (χ4n) is 2.60. The molecule has 0 spiro atoms. The lowest BCUT2D eigenvalue weighted by Gasteiger charge is -2.07. The van der Waals surface area contributed by atoms with Crippen LogP contribution in [-0.2, 0) is 9.53 Å². The van der Waals surface area contributed by atoms with Gasteiger partial charge in [0.05, 0.1) is 26.4 Å². The minimum Gasteiger partial charge on any atom is -0.497 e. The molecule has 154 valence electrons. The second-order valence-corrected chi connectivity index (χ2v) is 6.35. The summed E-state index contributed by atoms with van der Waals surface area (Å²) in [6.07, 6.45) is 6.05. The molecule has 2 aromatic carbocycles. The number of methoxy groups -OCH3 is 2. The van der Waals surface area contributed by atoms with Crippen molar-refractivity contribution in [1.29, 1.82) is 0 Å². The first-order chi connectivity index (χ1) is 14.1. The van der Waals surface area contributed by atoms with Crippen molar-refractivity contribution in [2.24, 2.45) is 0 Å². The van der Waals surface area contributed by atoms with E-state index in [1.54, 1.807) is 56.7 Å². The molecule has 0 aromatic heterocycles. The summed E-state index contributed by atoms with van der Waals surface area (Å²) in [7, 11) is 3.14. The van der Waals surface area contributed by atoms with Gasteiger partial charge in [0.15, 0.2) is 0 Å². The van der Waals surface area contributed by atoms with Crippen molar-refractivity contribution in [3.05, 3.63) is 59.7 Å². The maximum absolute atomic E-state index is 12.2. The number of carbonyl (C=O) groups excluding carboxylic acids is 2. The molecule has 0 aliphatic rings. The lowest BCUT2D eigenvalue weighted by Crippen LogP contribution is -2.09. The Morgan fingerprint density at radius 1 is 1.00 bits per heavy atom. The van der Waals surface area contributed by atoms with Gasteiger partial charge in [0, 0.05) is 23.4 Å². The van der Waals surface area contributed by atoms with E-state index in [0.717, 1.165) is 24.8 Å². The van der Waals surface area contributed by atoms with Crippen LogP contribution in [0.5, 0.6) is 11.5 Å². The number of unbranched alkanes of at least 4 members (excludes halogenated alkanes) is 2. The monoisotopic (exact) mass is 397 g/mol. The van der Waals surface area contributed by atoms with Crippen molar-refractivity contribution in [2.45, 2.75) is 26.2 Å². The SMILES string of the molecule is CCCCCOC(=O)c1ccc(NC(=O)/C=C/c2ccc(OC)cc2OC)cc1. The van der Waals surface area contributed by atoms with E-state index in [2.05, 4.69) is 12.2 Å². The number of rotatable bonds is 10. The highest BCUT2D eigenvalue weighted by molar-refractivity contribution is 6.02. The van der Waals surface area contributed by atoms with Crippen molar-refractivity contribution in [2.75, 3.05) is 26.1 Å². The molecule has 0 radical (unpaired) electrons. The Labute approximate surface area is 171 Å². The summed E-state index contributed by atoms with van der Waals surface area (Å²) in [6.45, 7) is 2.52. The van der Waals surface area contributed by atoms with Gasteiger partial charge in [-0.15, -0.1) is 0 Å². The number of nitrogens with one attached hydrogen (secondary N) is 1. The van der Waals surface area contributed by atoms with Crippen LogP contribution in [0.25, 0.3) is 6.08 Å². The first-order valence-electron chi connectivity index (χ1n) is 9.55. The zero-order valence-electron chi connectivity index (χ0n) is 17.1. The highest BCUT2D eigenvalue weighted by atomic mass is 16.5. The normalized spacial score (nSPS) is 10.6. The van der Waals surface area contributed by atoms with E-state index >= 15 is 0 Å². The average Bonchev–Trinajstić information content (AvgIpc) is 2.75. The molecular weight excluding hydrogens is 370 g/mol. The van der Waals surface area contributed by atoms with Gasteiger partial charge in [-0.05, 0) is 48.9 Å². The summed E-state index contributed by atoms with van der Waals surface area (Å²) in [6, 6.07) is 12.0. The second-order valence-electron chi connectivity index (χ2n) is 6.35. The topological polar surface area (TPSA) is 73.9 Å². The second kappa shape index (κ2) is 11.5. The molecule has 2 rings (SSSR count). The Kier molecular flexibility index (Phi) is 8.76. The maximum Gasteiger partial charge on any atom is 0.338 e. The van der Waals surface area contributed by atoms with E-state index in [1.165, 1.54) is 6.08 Å². The molecule has 6 heteroatoms. The first-order valence-corrected chi connectivity index (χ1v) is 9.55. The summed E-state index contributed by atoms with van der Waals surface area (Å²) in [5, 5.41) is 2.75. The molecule has 0 heterocycles. The minimum absolute atomic E-state index is 0.294. The number of carbonyl (C=O) groups is 2. The first kappa shape index (κ1) is 22.0. The van der Waals surface area contributed by atoms with Gasteiger partial charge in [0.25, 0.3) is 0 Å². The van der Waals surface area contributed by atoms with E-state index in [4.69, 9.17) is 14.2 Å². The van der Waals surface area contributed by atoms with Crippen molar-refractivity contribution in [1.82, 2.24) is 0 Å². The molecule has 1 amide bonds. The van der Waals surface area contributed by atoms with Crippen LogP contribution in [-0.4, -0.2) is 32.7 Å². The van der Waals surface area contributed by atoms with Crippen LogP contribution in [0.1, 0.15) is 42.1 Å². The van der Waals surface area contributed by atoms with E-state index in [9.17, 15) is 9.59 Å². The third-order valence-electron chi connectivity index (χ3n) is 4.22. The summed E-state index contributed by atoms with van der Waals surface area (Å²) in [5.41, 5.74) is 1.80. The molecule has 0 fully saturated rings. The van der Waals surface area contributed by atoms with Crippen LogP contribution in [0, 0.1) is 0 Å². The number of esters is 1. The Morgan fingerprint density at radius 2 is 1.76 bits per heavy atom. The Morgan fingerprint density at radius 3 is 2.41 bits per heavy atom. The van der Waals surface area contributed by atoms with E-state index in [-0.39, 0.29) is 11.9 Å². The molecule has 0 unspecified atom stereocenters. The molecule has 0 aliphatic heterocycles. The van der Waals surface area contributed by atoms with Crippen LogP contribution in [0.4, 0.5) is 5.69 Å². The summed E-state index contributed by atoms with van der Waals surface area (Å²) in [4.78, 5) is 24.1. The summed E-state index contributed by atoms with van der Waals surface area (Å²) in [5.74, 6) is 0.630. The van der Waals surface area contributed by atoms with Crippen LogP contribution in [0.2, 0.25) is 0 Å². The van der Waals surface area contributed by atoms with Gasteiger partial charge in [-0.25, -0.2) is 4.79 Å². The standard InChI is InChI=1S/C23H27NO5/c1-4-5-6-15-29-23(26)18-7-11-19(12-8-18)24-22(25)14-10-17-9-13-20(27-2)16-21(17)28-3/h7-14,16H,4-6,15H2,1-3H3,(H,24,25)/b14-10+. The van der Waals surface area contributed by atoms with Crippen LogP contribution in [0.15, 0.2) is 48.5 Å². The Hall–Kier alpha value is -3.28. The number of hydrogen-bond acceptors (Lipinski definition) is 5. The molecular formula is C23H27NO5. The van der Waals surface area contributed by atoms with Crippen molar-refractivity contribution in [3.8, 4) is 11.5 Å². The highest BCUT2D eigenvalue weighted by Crippen LogP contribution is 2.25. The molecule has 0 atom stereocenters. The van der Waals surface area contributed by atoms with Crippen molar-refractivity contribution < 1.29 is 23.8 Å². The third-order valence-corrected chi connectivity index (χ3v) is 4.22. The Balaban J connectivity index is 1.92. The molecule has 0 aliphatic carbocycles. The fourth-order valence-corrected chi connectivity index (χ4v) is 2.60. The highest BCUT2D eigenvalue weighted by Gasteiger charge is 2.08. The lowest BCUT2D eigenvalue weighted by atomic mass is 10.1. The largest absolute Gasteiger partial charge is 0.497 e. The molecule has 0 bridgehead atoms. The van der Waals surface area contributed by atoms with Gasteiger partial charge in [-0.1, -0.05) is 19.8 Å². The predicted octanol–water partition coefficient (Wildman–Crippen LogP) is 4.70. The van der Waals surface area contributed by atoms with Gasteiger partial charge in [0.2, 0.25) is 5.91 Å². The predicted molar refractivity (Wildman–Crippen MR) is 113 cm³/mol. The smallest absolute Gasteiger partial charge is 0.338 e. The lowest BCUT2D eigenvalue weighted by molar-refractivity contribution is -0.111. The molecule has 2 aromatic rings. The average molecular weight is 397 g/mol. The number of hydrogen-bond donors (Lipinski definition) is 1. The van der Waals surface area contributed by atoms with Gasteiger partial charge in [-0.2, -0.15) is 0 Å². The van der Waals surface area contributed by atoms with Gasteiger partial charge >= 0.3 is 5.97 Å². The van der Waals surface area contributed by atoms with Crippen molar-refractivity contribution >= 4 is 23.6 Å². The summed E-state index contributed by atoms with van der Waals surface area (Å²) < 4.78 is 15.7. The number of amides is 1. The fraction of sp³-hybridized carbons (Fsp3) is 0.304. The molecule has 1 N–H and O–H groups in total. The van der Waals surface area contributed by atoms with Gasteiger partial charge in [-0.3, -0.25) is 4.79 Å². The Bertz CT molecular complexity index is 843. The van der Waals surface area contributed by atoms with E-state index in [0.29, 0.717) is 29.4 Å². The number of ether oxygens (including phenoxy) is 3. The van der Waals surface area contributed by atoms with Gasteiger partial charge in [0.1, 0.15) is 11.5 Å². The van der Waals surface area contributed by atoms with Crippen LogP contribution in [0.3, 0.4) is 0 Å². The quantitative estimate of drug-likeness (QED) is 0.357. The minimum atomic E-state index is -0.356. The third kappa shape index (κ3) is 6.99. The molecule has 6 nitrogen and oxygen atoms in total. The zero-order chi connectivity index (χ0) is 21.1. The zero-order valence-corrected chi connectivity index (χ0v) is 17.1. The van der Waals surface area contributed by atoms with E-state index < -0.39 is 0 Å². The van der Waals surface area contributed by atoms with Crippen molar-refractivity contribution in [3.63, 3.8) is 0 Å². The van der Waals surface area contributed by atoms with Crippen LogP contribution >= 0.6 is 0 Å². The van der Waals surface area contributed by atoms with Crippen LogP contribution < -0.4 is 14.8 Å². The molecule has 29 heavy (non-hydrogen) atoms. The van der Waals surface area contributed by atoms with E-state index in [1.807, 2.05) is 6.07 Å². The molecule has 0 saturated heterocycles. The maximum atomic E-state index is 12.2. The number of benzene rings is 2. The number of anilines is 1. The molecule has 0 saturated carbocycles.